The van der Waals surface area contributed by atoms with Crippen molar-refractivity contribution in [2.75, 3.05) is 7.11 Å². The van der Waals surface area contributed by atoms with E-state index in [1.807, 2.05) is 18.2 Å². The van der Waals surface area contributed by atoms with Crippen LogP contribution in [0.25, 0.3) is 11.5 Å². The molecule has 0 fully saturated rings. The number of oxazole rings is 1. The van der Waals surface area contributed by atoms with Gasteiger partial charge in [0.1, 0.15) is 12.0 Å². The van der Waals surface area contributed by atoms with Crippen molar-refractivity contribution in [3.05, 3.63) is 34.6 Å². The van der Waals surface area contributed by atoms with Crippen molar-refractivity contribution < 1.29 is 9.15 Å². The molecule has 1 heterocycles. The number of hydrogen-bond donors (Lipinski definition) is 1. The van der Waals surface area contributed by atoms with Crippen LogP contribution in [-0.4, -0.2) is 12.1 Å². The first-order valence-electron chi connectivity index (χ1n) is 4.73. The molecule has 1 aromatic heterocycles. The summed E-state index contributed by atoms with van der Waals surface area (Å²) < 4.78 is 11.4. The van der Waals surface area contributed by atoms with Gasteiger partial charge in [0, 0.05) is 11.0 Å². The van der Waals surface area contributed by atoms with Gasteiger partial charge in [0.25, 0.3) is 0 Å². The molecule has 2 N–H and O–H groups in total. The van der Waals surface area contributed by atoms with Crippen molar-refractivity contribution in [1.29, 1.82) is 0 Å². The molecular formula is C11H11BrN2O2. The fourth-order valence-electron chi connectivity index (χ4n) is 1.32. The molecular weight excluding hydrogens is 272 g/mol. The highest BCUT2D eigenvalue weighted by molar-refractivity contribution is 9.10. The highest BCUT2D eigenvalue weighted by atomic mass is 79.9. The minimum absolute atomic E-state index is 0.366. The summed E-state index contributed by atoms with van der Waals surface area (Å²) >= 11 is 3.44. The molecule has 84 valence electrons. The maximum absolute atomic E-state index is 5.48. The summed E-state index contributed by atoms with van der Waals surface area (Å²) in [7, 11) is 1.62. The number of benzene rings is 1. The molecule has 2 aromatic rings. The molecule has 16 heavy (non-hydrogen) atoms. The minimum atomic E-state index is 0.366. The summed E-state index contributed by atoms with van der Waals surface area (Å²) in [6.45, 7) is 0.366. The van der Waals surface area contributed by atoms with Crippen LogP contribution in [0.2, 0.25) is 0 Å². The van der Waals surface area contributed by atoms with Crippen LogP contribution in [0, 0.1) is 0 Å². The monoisotopic (exact) mass is 282 g/mol. The third-order valence-electron chi connectivity index (χ3n) is 2.16. The molecule has 0 unspecified atom stereocenters. The zero-order valence-corrected chi connectivity index (χ0v) is 10.3. The van der Waals surface area contributed by atoms with Gasteiger partial charge in [0.15, 0.2) is 0 Å². The molecule has 0 bridgehead atoms. The predicted octanol–water partition coefficient (Wildman–Crippen LogP) is 2.57. The van der Waals surface area contributed by atoms with Gasteiger partial charge in [0.05, 0.1) is 18.4 Å². The van der Waals surface area contributed by atoms with Crippen LogP contribution in [0.3, 0.4) is 0 Å². The lowest BCUT2D eigenvalue weighted by atomic mass is 10.2. The molecule has 0 amide bonds. The Morgan fingerprint density at radius 3 is 2.94 bits per heavy atom. The fourth-order valence-corrected chi connectivity index (χ4v) is 1.74. The van der Waals surface area contributed by atoms with Crippen molar-refractivity contribution in [1.82, 2.24) is 4.98 Å². The molecule has 0 saturated carbocycles. The van der Waals surface area contributed by atoms with Gasteiger partial charge < -0.3 is 14.9 Å². The Morgan fingerprint density at radius 2 is 2.31 bits per heavy atom. The summed E-state index contributed by atoms with van der Waals surface area (Å²) in [6.07, 6.45) is 1.56. The lowest BCUT2D eigenvalue weighted by Gasteiger charge is -2.03. The van der Waals surface area contributed by atoms with Crippen LogP contribution in [0.15, 0.2) is 33.4 Å². The molecule has 0 saturated heterocycles. The Morgan fingerprint density at radius 1 is 1.50 bits per heavy atom. The first kappa shape index (κ1) is 11.2. The van der Waals surface area contributed by atoms with Gasteiger partial charge in [-0.25, -0.2) is 4.98 Å². The summed E-state index contributed by atoms with van der Waals surface area (Å²) in [6, 6.07) is 5.61. The molecule has 2 rings (SSSR count). The lowest BCUT2D eigenvalue weighted by Crippen LogP contribution is -1.95. The largest absolute Gasteiger partial charge is 0.497 e. The fraction of sp³-hybridized carbons (Fsp3) is 0.182. The van der Waals surface area contributed by atoms with E-state index in [-0.39, 0.29) is 0 Å². The van der Waals surface area contributed by atoms with Gasteiger partial charge in [-0.15, -0.1) is 0 Å². The molecule has 4 nitrogen and oxygen atoms in total. The summed E-state index contributed by atoms with van der Waals surface area (Å²) in [5, 5.41) is 0. The van der Waals surface area contributed by atoms with Crippen molar-refractivity contribution in [3.63, 3.8) is 0 Å². The average Bonchev–Trinajstić information content (AvgIpc) is 2.78. The number of ether oxygens (including phenoxy) is 1. The minimum Gasteiger partial charge on any atom is -0.497 e. The van der Waals surface area contributed by atoms with Gasteiger partial charge in [0.2, 0.25) is 5.89 Å². The van der Waals surface area contributed by atoms with Crippen LogP contribution >= 0.6 is 15.9 Å². The number of rotatable bonds is 3. The number of nitrogens with two attached hydrogens (primary N) is 1. The van der Waals surface area contributed by atoms with Gasteiger partial charge in [-0.05, 0) is 34.1 Å². The smallest absolute Gasteiger partial charge is 0.227 e. The van der Waals surface area contributed by atoms with Crippen LogP contribution in [0.4, 0.5) is 0 Å². The van der Waals surface area contributed by atoms with Gasteiger partial charge in [-0.3, -0.25) is 0 Å². The van der Waals surface area contributed by atoms with Gasteiger partial charge in [-0.1, -0.05) is 0 Å². The zero-order valence-electron chi connectivity index (χ0n) is 8.74. The molecule has 1 aromatic carbocycles. The second-order valence-electron chi connectivity index (χ2n) is 3.19. The SMILES string of the molecule is COc1ccc(Br)c(-c2nc(CN)co2)c1. The summed E-state index contributed by atoms with van der Waals surface area (Å²) in [5.74, 6) is 1.29. The van der Waals surface area contributed by atoms with E-state index in [0.29, 0.717) is 12.4 Å². The second-order valence-corrected chi connectivity index (χ2v) is 4.05. The quantitative estimate of drug-likeness (QED) is 0.940. The molecule has 0 radical (unpaired) electrons. The maximum Gasteiger partial charge on any atom is 0.227 e. The molecule has 0 aliphatic heterocycles. The summed E-state index contributed by atoms with van der Waals surface area (Å²) in [4.78, 5) is 4.26. The van der Waals surface area contributed by atoms with Crippen LogP contribution < -0.4 is 10.5 Å². The molecule has 5 heteroatoms. The number of halogens is 1. The topological polar surface area (TPSA) is 61.3 Å². The van der Waals surface area contributed by atoms with E-state index in [9.17, 15) is 0 Å². The second kappa shape index (κ2) is 4.67. The van der Waals surface area contributed by atoms with Crippen molar-refractivity contribution in [2.24, 2.45) is 5.73 Å². The van der Waals surface area contributed by atoms with E-state index in [0.717, 1.165) is 21.5 Å². The van der Waals surface area contributed by atoms with E-state index in [1.165, 1.54) is 0 Å². The lowest BCUT2D eigenvalue weighted by molar-refractivity contribution is 0.414. The predicted molar refractivity (Wildman–Crippen MR) is 64.1 cm³/mol. The summed E-state index contributed by atoms with van der Waals surface area (Å²) in [5.41, 5.74) is 7.05. The number of methoxy groups -OCH3 is 1. The Kier molecular flexibility index (Phi) is 3.26. The standard InChI is InChI=1S/C11H11BrN2O2/c1-15-8-2-3-10(12)9(4-8)11-14-7(5-13)6-16-11/h2-4,6H,5,13H2,1H3. The van der Waals surface area contributed by atoms with Crippen molar-refractivity contribution in [3.8, 4) is 17.2 Å². The maximum atomic E-state index is 5.48. The van der Waals surface area contributed by atoms with E-state index >= 15 is 0 Å². The van der Waals surface area contributed by atoms with E-state index in [1.54, 1.807) is 13.4 Å². The van der Waals surface area contributed by atoms with Crippen LogP contribution in [-0.2, 0) is 6.54 Å². The number of nitrogens with zero attached hydrogens (tertiary/aromatic N) is 1. The van der Waals surface area contributed by atoms with Crippen molar-refractivity contribution in [2.45, 2.75) is 6.54 Å². The van der Waals surface area contributed by atoms with Crippen LogP contribution in [0.5, 0.6) is 5.75 Å². The van der Waals surface area contributed by atoms with E-state index < -0.39 is 0 Å². The third kappa shape index (κ3) is 2.10. The van der Waals surface area contributed by atoms with E-state index in [2.05, 4.69) is 20.9 Å². The molecule has 0 aliphatic carbocycles. The third-order valence-corrected chi connectivity index (χ3v) is 2.86. The van der Waals surface area contributed by atoms with Crippen molar-refractivity contribution >= 4 is 15.9 Å². The zero-order chi connectivity index (χ0) is 11.5. The Balaban J connectivity index is 2.45. The van der Waals surface area contributed by atoms with Crippen LogP contribution in [0.1, 0.15) is 5.69 Å². The Bertz CT molecular complexity index is 496. The Labute approximate surface area is 102 Å². The van der Waals surface area contributed by atoms with Gasteiger partial charge >= 0.3 is 0 Å². The molecule has 0 aliphatic rings. The highest BCUT2D eigenvalue weighted by Crippen LogP contribution is 2.31. The van der Waals surface area contributed by atoms with E-state index in [4.69, 9.17) is 14.9 Å². The van der Waals surface area contributed by atoms with Gasteiger partial charge in [-0.2, -0.15) is 0 Å². The number of aromatic nitrogens is 1. The first-order valence-corrected chi connectivity index (χ1v) is 5.52. The first-order chi connectivity index (χ1) is 7.74. The molecule has 0 spiro atoms. The Hall–Kier alpha value is -1.33. The normalized spacial score (nSPS) is 10.4. The highest BCUT2D eigenvalue weighted by Gasteiger charge is 2.10. The number of hydrogen-bond acceptors (Lipinski definition) is 4. The molecule has 0 atom stereocenters. The average molecular weight is 283 g/mol.